The Morgan fingerprint density at radius 3 is 2.55 bits per heavy atom. The summed E-state index contributed by atoms with van der Waals surface area (Å²) in [5, 5.41) is 10.4. The first-order valence-corrected chi connectivity index (χ1v) is 11.2. The number of carbonyl (C=O) groups is 2. The summed E-state index contributed by atoms with van der Waals surface area (Å²) in [4.78, 5) is 26.6. The zero-order valence-corrected chi connectivity index (χ0v) is 18.2. The summed E-state index contributed by atoms with van der Waals surface area (Å²) >= 11 is 6.10. The molecule has 0 unspecified atom stereocenters. The van der Waals surface area contributed by atoms with Gasteiger partial charge in [-0.05, 0) is 49.9 Å². The molecule has 1 amide bonds. The fraction of sp³-hybridized carbons (Fsp3) is 0.579. The number of carbonyl (C=O) groups excluding carboxylic acids is 2. The van der Waals surface area contributed by atoms with E-state index >= 15 is 0 Å². The van der Waals surface area contributed by atoms with Gasteiger partial charge in [-0.25, -0.2) is 13.2 Å². The largest absolute Gasteiger partial charge is 0.467 e. The monoisotopic (exact) mass is 444 g/mol. The van der Waals surface area contributed by atoms with Gasteiger partial charge < -0.3 is 14.7 Å². The average Bonchev–Trinajstić information content (AvgIpc) is 3.30. The molecule has 2 heterocycles. The smallest absolute Gasteiger partial charge is 0.328 e. The second-order valence-corrected chi connectivity index (χ2v) is 9.83. The number of esters is 1. The molecule has 1 aromatic rings. The first kappa shape index (κ1) is 22.0. The van der Waals surface area contributed by atoms with Crippen molar-refractivity contribution in [2.45, 2.75) is 56.2 Å². The van der Waals surface area contributed by atoms with Crippen LogP contribution in [-0.4, -0.2) is 73.0 Å². The molecule has 10 heteroatoms. The second-order valence-electron chi connectivity index (χ2n) is 7.56. The van der Waals surface area contributed by atoms with Crippen molar-refractivity contribution in [1.82, 2.24) is 9.21 Å². The molecular weight excluding hydrogens is 420 g/mol. The third kappa shape index (κ3) is 4.01. The quantitative estimate of drug-likeness (QED) is 0.701. The van der Waals surface area contributed by atoms with E-state index in [9.17, 15) is 23.1 Å². The summed E-state index contributed by atoms with van der Waals surface area (Å²) in [6.45, 7) is 3.57. The lowest BCUT2D eigenvalue weighted by Gasteiger charge is -2.30. The van der Waals surface area contributed by atoms with Gasteiger partial charge in [0.1, 0.15) is 12.1 Å². The Morgan fingerprint density at radius 1 is 1.21 bits per heavy atom. The van der Waals surface area contributed by atoms with E-state index in [1.165, 1.54) is 22.4 Å². The van der Waals surface area contributed by atoms with E-state index in [0.717, 1.165) is 0 Å². The molecule has 0 aromatic heterocycles. The molecule has 1 N–H and O–H groups in total. The maximum atomic E-state index is 13.4. The molecule has 0 saturated carbocycles. The van der Waals surface area contributed by atoms with Crippen LogP contribution in [0.1, 0.15) is 30.4 Å². The van der Waals surface area contributed by atoms with E-state index in [0.29, 0.717) is 29.0 Å². The number of aliphatic hydroxyl groups is 1. The highest BCUT2D eigenvalue weighted by molar-refractivity contribution is 7.89. The van der Waals surface area contributed by atoms with Gasteiger partial charge in [0.15, 0.2) is 0 Å². The fourth-order valence-electron chi connectivity index (χ4n) is 4.04. The van der Waals surface area contributed by atoms with E-state index in [1.54, 1.807) is 19.9 Å². The maximum Gasteiger partial charge on any atom is 0.328 e. The summed E-state index contributed by atoms with van der Waals surface area (Å²) in [7, 11) is -2.72. The number of hydrogen-bond acceptors (Lipinski definition) is 6. The van der Waals surface area contributed by atoms with Gasteiger partial charge in [0, 0.05) is 24.5 Å². The Hall–Kier alpha value is -1.68. The predicted molar refractivity (Wildman–Crippen MR) is 106 cm³/mol. The van der Waals surface area contributed by atoms with Gasteiger partial charge in [-0.3, -0.25) is 4.79 Å². The normalized spacial score (nSPS) is 25.4. The van der Waals surface area contributed by atoms with Crippen molar-refractivity contribution in [3.05, 3.63) is 28.3 Å². The van der Waals surface area contributed by atoms with E-state index in [2.05, 4.69) is 0 Å². The highest BCUT2D eigenvalue weighted by atomic mass is 35.5. The molecule has 3 rings (SSSR count). The Morgan fingerprint density at radius 2 is 1.90 bits per heavy atom. The second kappa shape index (κ2) is 8.22. The topological polar surface area (TPSA) is 104 Å². The van der Waals surface area contributed by atoms with Crippen LogP contribution >= 0.6 is 11.6 Å². The first-order valence-electron chi connectivity index (χ1n) is 9.43. The van der Waals surface area contributed by atoms with Gasteiger partial charge in [-0.2, -0.15) is 4.31 Å². The number of methoxy groups -OCH3 is 1. The summed E-state index contributed by atoms with van der Waals surface area (Å²) in [6, 6.07) is 1.28. The molecule has 1 aromatic carbocycles. The number of rotatable bonds is 4. The van der Waals surface area contributed by atoms with Gasteiger partial charge in [0.05, 0.1) is 18.1 Å². The van der Waals surface area contributed by atoms with E-state index < -0.39 is 40.1 Å². The van der Waals surface area contributed by atoms with Crippen molar-refractivity contribution < 1.29 is 27.9 Å². The standard InChI is InChI=1S/C19H25ClN2O6S/c1-11-8-17(12(2)7-14(11)20)29(26,27)22-6-4-5-15(22)18(24)21-10-13(23)9-16(21)19(25)28-3/h7-8,13,15-16,23H,4-6,9-10H2,1-3H3/t13-,15-,16-/m0/s1. The highest BCUT2D eigenvalue weighted by Crippen LogP contribution is 2.32. The van der Waals surface area contributed by atoms with Crippen LogP contribution in [0.25, 0.3) is 0 Å². The van der Waals surface area contributed by atoms with Gasteiger partial charge >= 0.3 is 5.97 Å². The van der Waals surface area contributed by atoms with E-state index in [4.69, 9.17) is 16.3 Å². The number of ether oxygens (including phenoxy) is 1. The summed E-state index contributed by atoms with van der Waals surface area (Å²) < 4.78 is 32.7. The number of β-amino-alcohol motifs (C(OH)–C–C–N with tert-alkyl or cyclic N) is 1. The molecule has 0 spiro atoms. The molecular formula is C19H25ClN2O6S. The number of halogens is 1. The summed E-state index contributed by atoms with van der Waals surface area (Å²) in [6.07, 6.45) is 0.105. The minimum atomic E-state index is -3.94. The van der Waals surface area contributed by atoms with E-state index in [1.807, 2.05) is 0 Å². The van der Waals surface area contributed by atoms with E-state index in [-0.39, 0.29) is 24.4 Å². The number of sulfonamides is 1. The lowest BCUT2D eigenvalue weighted by atomic mass is 10.1. The lowest BCUT2D eigenvalue weighted by Crippen LogP contribution is -2.51. The van der Waals surface area contributed by atoms with Crippen molar-refractivity contribution in [2.75, 3.05) is 20.2 Å². The Bertz CT molecular complexity index is 935. The lowest BCUT2D eigenvalue weighted by molar-refractivity contribution is -0.152. The van der Waals surface area contributed by atoms with Crippen LogP contribution in [-0.2, 0) is 24.3 Å². The molecule has 0 aliphatic carbocycles. The molecule has 2 aliphatic heterocycles. The number of aryl methyl sites for hydroxylation is 2. The third-order valence-corrected chi connectivity index (χ3v) is 8.02. The first-order chi connectivity index (χ1) is 13.6. The van der Waals surface area contributed by atoms with Gasteiger partial charge in [0.25, 0.3) is 0 Å². The van der Waals surface area contributed by atoms with Crippen LogP contribution in [0.3, 0.4) is 0 Å². The molecule has 2 fully saturated rings. The average molecular weight is 445 g/mol. The molecule has 3 atom stereocenters. The molecule has 2 saturated heterocycles. The Kier molecular flexibility index (Phi) is 6.24. The van der Waals surface area contributed by atoms with Crippen LogP contribution in [0.2, 0.25) is 5.02 Å². The van der Waals surface area contributed by atoms with Crippen LogP contribution in [0.15, 0.2) is 17.0 Å². The zero-order valence-electron chi connectivity index (χ0n) is 16.6. The molecule has 29 heavy (non-hydrogen) atoms. The van der Waals surface area contributed by atoms with Crippen LogP contribution in [0.5, 0.6) is 0 Å². The molecule has 0 bridgehead atoms. The summed E-state index contributed by atoms with van der Waals surface area (Å²) in [5.74, 6) is -1.10. The van der Waals surface area contributed by atoms with Crippen molar-refractivity contribution in [2.24, 2.45) is 0 Å². The van der Waals surface area contributed by atoms with Crippen LogP contribution in [0, 0.1) is 13.8 Å². The third-order valence-electron chi connectivity index (χ3n) is 5.57. The predicted octanol–water partition coefficient (Wildman–Crippen LogP) is 1.24. The Balaban J connectivity index is 1.92. The molecule has 160 valence electrons. The van der Waals surface area contributed by atoms with Crippen LogP contribution < -0.4 is 0 Å². The molecule has 8 nitrogen and oxygen atoms in total. The number of hydrogen-bond donors (Lipinski definition) is 1. The van der Waals surface area contributed by atoms with Crippen molar-refractivity contribution >= 4 is 33.5 Å². The van der Waals surface area contributed by atoms with Crippen molar-refractivity contribution in [3.8, 4) is 0 Å². The van der Waals surface area contributed by atoms with Gasteiger partial charge in [-0.1, -0.05) is 11.6 Å². The number of amides is 1. The van der Waals surface area contributed by atoms with Gasteiger partial charge in [0.2, 0.25) is 15.9 Å². The highest BCUT2D eigenvalue weighted by Gasteiger charge is 2.47. The minimum absolute atomic E-state index is 0.0257. The number of nitrogens with zero attached hydrogens (tertiary/aromatic N) is 2. The maximum absolute atomic E-state index is 13.4. The van der Waals surface area contributed by atoms with Crippen molar-refractivity contribution in [1.29, 1.82) is 0 Å². The molecule has 2 aliphatic rings. The fourth-order valence-corrected chi connectivity index (χ4v) is 6.20. The summed E-state index contributed by atoms with van der Waals surface area (Å²) in [5.41, 5.74) is 1.13. The number of benzene rings is 1. The Labute approximate surface area is 175 Å². The van der Waals surface area contributed by atoms with Crippen molar-refractivity contribution in [3.63, 3.8) is 0 Å². The number of likely N-dealkylation sites (tertiary alicyclic amines) is 1. The zero-order chi connectivity index (χ0) is 21.5. The minimum Gasteiger partial charge on any atom is -0.467 e. The van der Waals surface area contributed by atoms with Crippen LogP contribution in [0.4, 0.5) is 0 Å². The molecule has 0 radical (unpaired) electrons. The number of aliphatic hydroxyl groups excluding tert-OH is 1. The van der Waals surface area contributed by atoms with Gasteiger partial charge in [-0.15, -0.1) is 0 Å². The SMILES string of the molecule is COC(=O)[C@@H]1C[C@H](O)CN1C(=O)[C@@H]1CCCN1S(=O)(=O)c1cc(C)c(Cl)cc1C.